The second-order valence-corrected chi connectivity index (χ2v) is 7.35. The van der Waals surface area contributed by atoms with E-state index in [0.717, 1.165) is 11.3 Å². The molecular weight excluding hydrogens is 375 g/mol. The number of benzene rings is 1. The number of halogens is 1. The van der Waals surface area contributed by atoms with E-state index in [1.54, 1.807) is 11.8 Å². The van der Waals surface area contributed by atoms with Crippen LogP contribution in [0.5, 0.6) is 0 Å². The first-order valence-corrected chi connectivity index (χ1v) is 8.80. The van der Waals surface area contributed by atoms with Crippen LogP contribution in [-0.4, -0.2) is 0 Å². The van der Waals surface area contributed by atoms with E-state index in [1.807, 2.05) is 0 Å². The molecule has 0 unspecified atom stereocenters. The summed E-state index contributed by atoms with van der Waals surface area (Å²) in [6.45, 7) is 8.32. The molecule has 1 aliphatic carbocycles. The van der Waals surface area contributed by atoms with Gasteiger partial charge in [-0.05, 0) is 83.9 Å². The van der Waals surface area contributed by atoms with Crippen LogP contribution in [0.15, 0.2) is 35.1 Å². The molecule has 0 aliphatic heterocycles. The average molecular weight is 394 g/mol. The van der Waals surface area contributed by atoms with Crippen LogP contribution in [0.4, 0.5) is 0 Å². The first kappa shape index (κ1) is 15.7. The van der Waals surface area contributed by atoms with E-state index in [-0.39, 0.29) is 0 Å². The highest BCUT2D eigenvalue weighted by molar-refractivity contribution is 14.1. The molecule has 0 N–H and O–H groups in total. The number of aryl methyl sites for hydroxylation is 2. The van der Waals surface area contributed by atoms with Gasteiger partial charge in [0.1, 0.15) is 0 Å². The van der Waals surface area contributed by atoms with Gasteiger partial charge in [-0.2, -0.15) is 0 Å². The third kappa shape index (κ3) is 5.03. The zero-order valence-electron chi connectivity index (χ0n) is 12.0. The van der Waals surface area contributed by atoms with Crippen LogP contribution < -0.4 is 0 Å². The Hall–Kier alpha value is -0.660. The van der Waals surface area contributed by atoms with E-state index in [0.29, 0.717) is 5.92 Å². The SMILES string of the molecule is C=C(C#CC1CC1)S/C=C/Cc1cc(C)c(I)cc1C. The lowest BCUT2D eigenvalue weighted by Gasteiger charge is -2.06. The molecule has 1 aliphatic rings. The van der Waals surface area contributed by atoms with Gasteiger partial charge in [-0.3, -0.25) is 0 Å². The Morgan fingerprint density at radius 3 is 2.85 bits per heavy atom. The Labute approximate surface area is 140 Å². The summed E-state index contributed by atoms with van der Waals surface area (Å²) in [4.78, 5) is 0.948. The summed E-state index contributed by atoms with van der Waals surface area (Å²) in [5, 5.41) is 2.11. The molecule has 2 rings (SSSR count). The molecule has 20 heavy (non-hydrogen) atoms. The molecule has 0 bridgehead atoms. The van der Waals surface area contributed by atoms with Crippen molar-refractivity contribution in [3.8, 4) is 11.8 Å². The van der Waals surface area contributed by atoms with E-state index in [4.69, 9.17) is 0 Å². The fraction of sp³-hybridized carbons (Fsp3) is 0.333. The van der Waals surface area contributed by atoms with Gasteiger partial charge in [0.25, 0.3) is 0 Å². The van der Waals surface area contributed by atoms with Crippen LogP contribution in [-0.2, 0) is 6.42 Å². The maximum atomic E-state index is 3.98. The Morgan fingerprint density at radius 1 is 1.40 bits per heavy atom. The first-order chi connectivity index (χ1) is 9.56. The normalized spacial score (nSPS) is 14.2. The number of hydrogen-bond acceptors (Lipinski definition) is 1. The molecule has 2 heteroatoms. The standard InChI is InChI=1S/C18H19IS/c1-13-12-18(19)14(2)11-17(13)5-4-10-20-15(3)6-7-16-8-9-16/h4,10-12,16H,3,5,8-9H2,1-2H3/b10-4+. The second kappa shape index (κ2) is 7.38. The van der Waals surface area contributed by atoms with Crippen molar-refractivity contribution >= 4 is 34.4 Å². The van der Waals surface area contributed by atoms with Gasteiger partial charge in [-0.1, -0.05) is 42.3 Å². The molecule has 1 fully saturated rings. The Balaban J connectivity index is 1.85. The van der Waals surface area contributed by atoms with E-state index >= 15 is 0 Å². The number of allylic oxidation sites excluding steroid dienone is 2. The summed E-state index contributed by atoms with van der Waals surface area (Å²) < 4.78 is 1.34. The number of thioether (sulfide) groups is 1. The van der Waals surface area contributed by atoms with Gasteiger partial charge < -0.3 is 0 Å². The second-order valence-electron chi connectivity index (χ2n) is 5.19. The number of hydrogen-bond donors (Lipinski definition) is 0. The topological polar surface area (TPSA) is 0 Å². The van der Waals surface area contributed by atoms with Crippen LogP contribution in [0.1, 0.15) is 29.5 Å². The van der Waals surface area contributed by atoms with E-state index < -0.39 is 0 Å². The molecule has 0 spiro atoms. The van der Waals surface area contributed by atoms with Crippen molar-refractivity contribution in [2.45, 2.75) is 33.1 Å². The Kier molecular flexibility index (Phi) is 5.80. The van der Waals surface area contributed by atoms with Crippen molar-refractivity contribution in [3.05, 3.63) is 55.4 Å². The van der Waals surface area contributed by atoms with Gasteiger partial charge in [-0.25, -0.2) is 0 Å². The van der Waals surface area contributed by atoms with Crippen molar-refractivity contribution in [1.82, 2.24) is 0 Å². The maximum Gasteiger partial charge on any atom is 0.0543 e. The molecule has 0 amide bonds. The van der Waals surface area contributed by atoms with Crippen molar-refractivity contribution in [2.24, 2.45) is 5.92 Å². The largest absolute Gasteiger partial charge is 0.0939 e. The summed E-state index contributed by atoms with van der Waals surface area (Å²) in [5.74, 6) is 7.02. The summed E-state index contributed by atoms with van der Waals surface area (Å²) in [6.07, 6.45) is 5.71. The van der Waals surface area contributed by atoms with Crippen molar-refractivity contribution in [1.29, 1.82) is 0 Å². The lowest BCUT2D eigenvalue weighted by molar-refractivity contribution is 1.18. The molecule has 0 heterocycles. The van der Waals surface area contributed by atoms with E-state index in [2.05, 4.69) is 78.5 Å². The van der Waals surface area contributed by atoms with Crippen LogP contribution in [0.3, 0.4) is 0 Å². The van der Waals surface area contributed by atoms with Gasteiger partial charge >= 0.3 is 0 Å². The zero-order valence-corrected chi connectivity index (χ0v) is 15.0. The molecular formula is C18H19IS. The summed E-state index contributed by atoms with van der Waals surface area (Å²) >= 11 is 4.02. The molecule has 0 aromatic heterocycles. The van der Waals surface area contributed by atoms with Crippen molar-refractivity contribution < 1.29 is 0 Å². The lowest BCUT2D eigenvalue weighted by Crippen LogP contribution is -1.91. The van der Waals surface area contributed by atoms with Crippen LogP contribution in [0, 0.1) is 35.2 Å². The van der Waals surface area contributed by atoms with Gasteiger partial charge in [0.05, 0.1) is 4.91 Å². The Morgan fingerprint density at radius 2 is 2.15 bits per heavy atom. The summed E-state index contributed by atoms with van der Waals surface area (Å²) in [7, 11) is 0. The van der Waals surface area contributed by atoms with Crippen molar-refractivity contribution in [3.63, 3.8) is 0 Å². The molecule has 0 radical (unpaired) electrons. The highest BCUT2D eigenvalue weighted by Gasteiger charge is 2.17. The minimum atomic E-state index is 0.647. The predicted octanol–water partition coefficient (Wildman–Crippen LogP) is 5.62. The maximum absolute atomic E-state index is 3.98. The van der Waals surface area contributed by atoms with Crippen molar-refractivity contribution in [2.75, 3.05) is 0 Å². The average Bonchev–Trinajstić information content (AvgIpc) is 3.22. The Bertz CT molecular complexity index is 598. The third-order valence-corrected chi connectivity index (χ3v) is 5.13. The molecule has 0 saturated heterocycles. The van der Waals surface area contributed by atoms with Gasteiger partial charge in [0.2, 0.25) is 0 Å². The zero-order chi connectivity index (χ0) is 14.5. The van der Waals surface area contributed by atoms with Gasteiger partial charge in [-0.15, -0.1) is 0 Å². The van der Waals surface area contributed by atoms with Gasteiger partial charge in [0, 0.05) is 9.49 Å². The third-order valence-electron chi connectivity index (χ3n) is 3.25. The summed E-state index contributed by atoms with van der Waals surface area (Å²) in [5.41, 5.74) is 4.11. The first-order valence-electron chi connectivity index (χ1n) is 6.84. The van der Waals surface area contributed by atoms with Crippen LogP contribution in [0.2, 0.25) is 0 Å². The molecule has 0 nitrogen and oxygen atoms in total. The smallest absolute Gasteiger partial charge is 0.0543 e. The fourth-order valence-corrected chi connectivity index (χ4v) is 2.90. The fourth-order valence-electron chi connectivity index (χ4n) is 1.81. The lowest BCUT2D eigenvalue weighted by atomic mass is 10.0. The predicted molar refractivity (Wildman–Crippen MR) is 98.7 cm³/mol. The molecule has 0 atom stereocenters. The monoisotopic (exact) mass is 394 g/mol. The quantitative estimate of drug-likeness (QED) is 0.472. The summed E-state index contributed by atoms with van der Waals surface area (Å²) in [6, 6.07) is 4.54. The molecule has 1 aromatic carbocycles. The highest BCUT2D eigenvalue weighted by atomic mass is 127. The minimum Gasteiger partial charge on any atom is -0.0939 e. The molecule has 104 valence electrons. The highest BCUT2D eigenvalue weighted by Crippen LogP contribution is 2.28. The van der Waals surface area contributed by atoms with Crippen LogP contribution >= 0.6 is 34.4 Å². The van der Waals surface area contributed by atoms with E-state index in [1.165, 1.54) is 33.1 Å². The number of rotatable bonds is 4. The molecule has 1 aromatic rings. The van der Waals surface area contributed by atoms with E-state index in [9.17, 15) is 0 Å². The minimum absolute atomic E-state index is 0.647. The van der Waals surface area contributed by atoms with Crippen LogP contribution in [0.25, 0.3) is 0 Å². The molecule has 1 saturated carbocycles. The van der Waals surface area contributed by atoms with Gasteiger partial charge in [0.15, 0.2) is 0 Å².